The second kappa shape index (κ2) is 7.53. The number of furan rings is 1. The van der Waals surface area contributed by atoms with Crippen molar-refractivity contribution < 1.29 is 19.1 Å². The summed E-state index contributed by atoms with van der Waals surface area (Å²) in [5.41, 5.74) is 0.579. The van der Waals surface area contributed by atoms with Gasteiger partial charge in [0.25, 0.3) is 5.91 Å². The van der Waals surface area contributed by atoms with Crippen molar-refractivity contribution in [2.75, 3.05) is 6.54 Å². The highest BCUT2D eigenvalue weighted by atomic mass is 16.4. The minimum absolute atomic E-state index is 0.142. The van der Waals surface area contributed by atoms with E-state index >= 15 is 0 Å². The van der Waals surface area contributed by atoms with Crippen molar-refractivity contribution in [1.29, 1.82) is 0 Å². The number of carbonyl (C=O) groups is 2. The first-order valence-corrected chi connectivity index (χ1v) is 6.21. The quantitative estimate of drug-likeness (QED) is 0.696. The molecule has 0 fully saturated rings. The van der Waals surface area contributed by atoms with Crippen molar-refractivity contribution in [3.63, 3.8) is 0 Å². The van der Waals surface area contributed by atoms with E-state index in [4.69, 9.17) is 9.52 Å². The largest absolute Gasteiger partial charge is 0.481 e. The van der Waals surface area contributed by atoms with Gasteiger partial charge in [-0.2, -0.15) is 0 Å². The zero-order chi connectivity index (χ0) is 13.4. The number of aliphatic carboxylic acids is 1. The van der Waals surface area contributed by atoms with E-state index in [9.17, 15) is 9.59 Å². The van der Waals surface area contributed by atoms with Gasteiger partial charge in [-0.15, -0.1) is 0 Å². The van der Waals surface area contributed by atoms with Crippen LogP contribution in [0.5, 0.6) is 0 Å². The van der Waals surface area contributed by atoms with Gasteiger partial charge in [-0.3, -0.25) is 9.59 Å². The maximum atomic E-state index is 11.8. The number of unbranched alkanes of at least 4 members (excludes halogenated alkanes) is 1. The van der Waals surface area contributed by atoms with Gasteiger partial charge in [0.1, 0.15) is 5.76 Å². The molecule has 0 aliphatic rings. The van der Waals surface area contributed by atoms with Crippen LogP contribution in [0, 0.1) is 0 Å². The van der Waals surface area contributed by atoms with Crippen LogP contribution in [0.2, 0.25) is 0 Å². The summed E-state index contributed by atoms with van der Waals surface area (Å²) < 4.78 is 5.25. The molecule has 1 aromatic rings. The van der Waals surface area contributed by atoms with Crippen LogP contribution in [0.15, 0.2) is 16.7 Å². The molecule has 18 heavy (non-hydrogen) atoms. The molecule has 0 aliphatic heterocycles. The number of hydrogen-bond donors (Lipinski definition) is 2. The molecule has 0 aromatic carbocycles. The van der Waals surface area contributed by atoms with E-state index in [1.165, 1.54) is 6.26 Å². The predicted molar refractivity (Wildman–Crippen MR) is 66.5 cm³/mol. The second-order valence-corrected chi connectivity index (χ2v) is 4.11. The van der Waals surface area contributed by atoms with Gasteiger partial charge in [0.05, 0.1) is 11.8 Å². The summed E-state index contributed by atoms with van der Waals surface area (Å²) >= 11 is 0. The van der Waals surface area contributed by atoms with Crippen LogP contribution in [-0.2, 0) is 11.2 Å². The second-order valence-electron chi connectivity index (χ2n) is 4.11. The summed E-state index contributed by atoms with van der Waals surface area (Å²) in [5, 5.41) is 11.2. The molecule has 0 saturated heterocycles. The fourth-order valence-corrected chi connectivity index (χ4v) is 1.66. The average Bonchev–Trinajstić information content (AvgIpc) is 2.77. The Morgan fingerprint density at radius 3 is 2.83 bits per heavy atom. The number of carbonyl (C=O) groups excluding carboxylic acids is 1. The van der Waals surface area contributed by atoms with E-state index in [1.54, 1.807) is 6.07 Å². The number of nitrogens with one attached hydrogen (secondary N) is 1. The highest BCUT2D eigenvalue weighted by Crippen LogP contribution is 2.12. The SMILES string of the molecule is CCCc1occc1C(=O)NCCCCC(=O)O. The molecule has 0 saturated carbocycles. The lowest BCUT2D eigenvalue weighted by atomic mass is 10.1. The van der Waals surface area contributed by atoms with Gasteiger partial charge in [-0.25, -0.2) is 0 Å². The summed E-state index contributed by atoms with van der Waals surface area (Å²) in [6.45, 7) is 2.51. The number of hydrogen-bond acceptors (Lipinski definition) is 3. The maximum Gasteiger partial charge on any atom is 0.303 e. The van der Waals surface area contributed by atoms with Crippen LogP contribution in [0.3, 0.4) is 0 Å². The van der Waals surface area contributed by atoms with Gasteiger partial charge in [0.2, 0.25) is 0 Å². The molecule has 2 N–H and O–H groups in total. The zero-order valence-corrected chi connectivity index (χ0v) is 10.6. The Labute approximate surface area is 106 Å². The molecule has 5 heteroatoms. The van der Waals surface area contributed by atoms with Crippen molar-refractivity contribution in [3.05, 3.63) is 23.7 Å². The molecule has 0 unspecified atom stereocenters. The number of rotatable bonds is 8. The third kappa shape index (κ3) is 4.61. The Hall–Kier alpha value is -1.78. The predicted octanol–water partition coefficient (Wildman–Crippen LogP) is 2.22. The van der Waals surface area contributed by atoms with Crippen LogP contribution >= 0.6 is 0 Å². The molecular weight excluding hydrogens is 234 g/mol. The maximum absolute atomic E-state index is 11.8. The first kappa shape index (κ1) is 14.3. The lowest BCUT2D eigenvalue weighted by molar-refractivity contribution is -0.137. The van der Waals surface area contributed by atoms with E-state index in [0.717, 1.165) is 12.8 Å². The molecule has 1 heterocycles. The molecule has 1 rings (SSSR count). The first-order chi connectivity index (χ1) is 8.65. The van der Waals surface area contributed by atoms with Gasteiger partial charge in [-0.05, 0) is 25.3 Å². The summed E-state index contributed by atoms with van der Waals surface area (Å²) in [6.07, 6.45) is 4.57. The molecule has 0 atom stereocenters. The lowest BCUT2D eigenvalue weighted by Crippen LogP contribution is -2.25. The number of amides is 1. The Kier molecular flexibility index (Phi) is 5.97. The summed E-state index contributed by atoms with van der Waals surface area (Å²) in [5.74, 6) is -0.246. The topological polar surface area (TPSA) is 79.5 Å². The minimum atomic E-state index is -0.804. The van der Waals surface area contributed by atoms with Crippen LogP contribution < -0.4 is 5.32 Å². The van der Waals surface area contributed by atoms with Gasteiger partial charge in [0, 0.05) is 19.4 Å². The Bertz CT molecular complexity index is 397. The zero-order valence-electron chi connectivity index (χ0n) is 10.6. The van der Waals surface area contributed by atoms with E-state index in [2.05, 4.69) is 5.32 Å². The van der Waals surface area contributed by atoms with Gasteiger partial charge in [-0.1, -0.05) is 6.92 Å². The van der Waals surface area contributed by atoms with Gasteiger partial charge >= 0.3 is 5.97 Å². The lowest BCUT2D eigenvalue weighted by Gasteiger charge is -2.04. The van der Waals surface area contributed by atoms with Crippen molar-refractivity contribution in [3.8, 4) is 0 Å². The smallest absolute Gasteiger partial charge is 0.303 e. The number of aryl methyl sites for hydroxylation is 1. The molecule has 0 bridgehead atoms. The van der Waals surface area contributed by atoms with Gasteiger partial charge in [0.15, 0.2) is 0 Å². The van der Waals surface area contributed by atoms with Crippen molar-refractivity contribution >= 4 is 11.9 Å². The Morgan fingerprint density at radius 2 is 2.17 bits per heavy atom. The summed E-state index contributed by atoms with van der Waals surface area (Å²) in [7, 11) is 0. The molecule has 1 aromatic heterocycles. The van der Waals surface area contributed by atoms with Gasteiger partial charge < -0.3 is 14.8 Å². The van der Waals surface area contributed by atoms with Crippen LogP contribution in [-0.4, -0.2) is 23.5 Å². The Balaban J connectivity index is 2.31. The standard InChI is InChI=1S/C13H19NO4/c1-2-5-11-10(7-9-18-11)13(17)14-8-4-3-6-12(15)16/h7,9H,2-6,8H2,1H3,(H,14,17)(H,15,16). The molecule has 0 aliphatic carbocycles. The third-order valence-corrected chi connectivity index (χ3v) is 2.57. The molecular formula is C13H19NO4. The van der Waals surface area contributed by atoms with Crippen molar-refractivity contribution in [2.24, 2.45) is 0 Å². The third-order valence-electron chi connectivity index (χ3n) is 2.57. The van der Waals surface area contributed by atoms with Crippen LogP contribution in [0.4, 0.5) is 0 Å². The molecule has 5 nitrogen and oxygen atoms in total. The fourth-order valence-electron chi connectivity index (χ4n) is 1.66. The van der Waals surface area contributed by atoms with Crippen molar-refractivity contribution in [2.45, 2.75) is 39.0 Å². The van der Waals surface area contributed by atoms with E-state index < -0.39 is 5.97 Å². The van der Waals surface area contributed by atoms with E-state index in [0.29, 0.717) is 30.7 Å². The highest BCUT2D eigenvalue weighted by molar-refractivity contribution is 5.95. The Morgan fingerprint density at radius 1 is 1.39 bits per heavy atom. The normalized spacial score (nSPS) is 10.3. The fraction of sp³-hybridized carbons (Fsp3) is 0.538. The van der Waals surface area contributed by atoms with Crippen LogP contribution in [0.25, 0.3) is 0 Å². The highest BCUT2D eigenvalue weighted by Gasteiger charge is 2.13. The molecule has 0 spiro atoms. The van der Waals surface area contributed by atoms with Crippen molar-refractivity contribution in [1.82, 2.24) is 5.32 Å². The molecule has 1 amide bonds. The summed E-state index contributed by atoms with van der Waals surface area (Å²) in [6, 6.07) is 1.66. The summed E-state index contributed by atoms with van der Waals surface area (Å²) in [4.78, 5) is 22.1. The first-order valence-electron chi connectivity index (χ1n) is 6.21. The average molecular weight is 253 g/mol. The van der Waals surface area contributed by atoms with Crippen LogP contribution in [0.1, 0.15) is 48.7 Å². The van der Waals surface area contributed by atoms with E-state index in [-0.39, 0.29) is 12.3 Å². The minimum Gasteiger partial charge on any atom is -0.481 e. The monoisotopic (exact) mass is 253 g/mol. The number of carboxylic acid groups (broad SMARTS) is 1. The molecule has 0 radical (unpaired) electrons. The van der Waals surface area contributed by atoms with E-state index in [1.807, 2.05) is 6.92 Å². The number of carboxylic acids is 1. The molecule has 100 valence electrons.